The summed E-state index contributed by atoms with van der Waals surface area (Å²) >= 11 is 0. The van der Waals surface area contributed by atoms with E-state index in [1.165, 1.54) is 30.8 Å². The number of ether oxygens (including phenoxy) is 1. The molecule has 1 amide bonds. The van der Waals surface area contributed by atoms with E-state index < -0.39 is 26.5 Å². The summed E-state index contributed by atoms with van der Waals surface area (Å²) in [7, 11) is -1.13. The Morgan fingerprint density at radius 1 is 1.10 bits per heavy atom. The highest BCUT2D eigenvalue weighted by Gasteiger charge is 2.30. The molecule has 1 aromatic heterocycles. The third-order valence-corrected chi connectivity index (χ3v) is 6.65. The van der Waals surface area contributed by atoms with E-state index in [1.807, 2.05) is 30.3 Å². The van der Waals surface area contributed by atoms with Gasteiger partial charge in [-0.1, -0.05) is 48.5 Å². The zero-order chi connectivity index (χ0) is 22.6. The molecule has 0 spiro atoms. The van der Waals surface area contributed by atoms with Gasteiger partial charge in [0.25, 0.3) is 5.91 Å². The van der Waals surface area contributed by atoms with Crippen molar-refractivity contribution in [1.29, 1.82) is 0 Å². The topological polar surface area (TPSA) is 120 Å². The monoisotopic (exact) mass is 441 g/mol. The van der Waals surface area contributed by atoms with Crippen LogP contribution in [0.1, 0.15) is 27.1 Å². The number of hydrogen-bond acceptors (Lipinski definition) is 6. The molecular formula is C22H23N3O5S. The van der Waals surface area contributed by atoms with E-state index in [4.69, 9.17) is 10.5 Å². The van der Waals surface area contributed by atoms with E-state index in [-0.39, 0.29) is 28.6 Å². The molecule has 31 heavy (non-hydrogen) atoms. The minimum absolute atomic E-state index is 0.0147. The molecule has 162 valence electrons. The second kappa shape index (κ2) is 9.15. The fourth-order valence-corrected chi connectivity index (χ4v) is 4.50. The van der Waals surface area contributed by atoms with Crippen LogP contribution in [0, 0.1) is 0 Å². The van der Waals surface area contributed by atoms with Gasteiger partial charge in [0.1, 0.15) is 6.61 Å². The van der Waals surface area contributed by atoms with Crippen molar-refractivity contribution in [2.75, 3.05) is 7.05 Å². The van der Waals surface area contributed by atoms with Crippen LogP contribution in [0.15, 0.2) is 76.4 Å². The summed E-state index contributed by atoms with van der Waals surface area (Å²) in [6.07, 6.45) is 0. The van der Waals surface area contributed by atoms with Crippen LogP contribution < -0.4 is 21.2 Å². The van der Waals surface area contributed by atoms with Crippen LogP contribution in [0.25, 0.3) is 0 Å². The molecule has 0 saturated heterocycles. The summed E-state index contributed by atoms with van der Waals surface area (Å²) < 4.78 is 32.9. The van der Waals surface area contributed by atoms with E-state index in [9.17, 15) is 18.0 Å². The molecule has 3 aromatic rings. The molecule has 1 atom stereocenters. The third kappa shape index (κ3) is 4.52. The molecule has 0 bridgehead atoms. The number of aromatic nitrogens is 1. The normalized spacial score (nSPS) is 12.2. The standard InChI is InChI=1S/C22H23N3O5S/c1-24-22(27)19-20(30-14-15-9-5-3-6-10-15)18(26)13-17(25(19)2)21(23)31(28,29)16-11-7-4-8-12-16/h3-13,21H,14,23H2,1-2H3,(H,24,27). The Balaban J connectivity index is 2.08. The largest absolute Gasteiger partial charge is 0.483 e. The SMILES string of the molecule is CNC(=O)c1c(OCc2ccccc2)c(=O)cc(C(N)S(=O)(=O)c2ccccc2)n1C. The Morgan fingerprint density at radius 2 is 1.68 bits per heavy atom. The molecule has 1 heterocycles. The quantitative estimate of drug-likeness (QED) is 0.576. The zero-order valence-electron chi connectivity index (χ0n) is 17.1. The van der Waals surface area contributed by atoms with Gasteiger partial charge in [0.2, 0.25) is 5.43 Å². The lowest BCUT2D eigenvalue weighted by Gasteiger charge is -2.21. The van der Waals surface area contributed by atoms with Gasteiger partial charge in [-0.15, -0.1) is 0 Å². The number of benzene rings is 2. The molecule has 2 aromatic carbocycles. The Kier molecular flexibility index (Phi) is 6.57. The Bertz CT molecular complexity index is 1240. The summed E-state index contributed by atoms with van der Waals surface area (Å²) in [5.41, 5.74) is 6.11. The molecule has 3 N–H and O–H groups in total. The van der Waals surface area contributed by atoms with E-state index in [1.54, 1.807) is 18.2 Å². The van der Waals surface area contributed by atoms with Crippen molar-refractivity contribution in [3.63, 3.8) is 0 Å². The molecular weight excluding hydrogens is 418 g/mol. The van der Waals surface area contributed by atoms with Gasteiger partial charge in [-0.3, -0.25) is 9.59 Å². The number of nitrogens with two attached hydrogens (primary N) is 1. The highest BCUT2D eigenvalue weighted by atomic mass is 32.2. The van der Waals surface area contributed by atoms with Gasteiger partial charge in [0.15, 0.2) is 26.7 Å². The van der Waals surface area contributed by atoms with Gasteiger partial charge in [0.05, 0.1) is 10.6 Å². The van der Waals surface area contributed by atoms with Gasteiger partial charge in [-0.2, -0.15) is 0 Å². The lowest BCUT2D eigenvalue weighted by molar-refractivity contribution is 0.0948. The van der Waals surface area contributed by atoms with E-state index >= 15 is 0 Å². The van der Waals surface area contributed by atoms with Crippen LogP contribution in [-0.4, -0.2) is 25.9 Å². The van der Waals surface area contributed by atoms with Crippen molar-refractivity contribution < 1.29 is 17.9 Å². The van der Waals surface area contributed by atoms with E-state index in [0.29, 0.717) is 0 Å². The predicted octanol–water partition coefficient (Wildman–Crippen LogP) is 1.76. The Morgan fingerprint density at radius 3 is 2.26 bits per heavy atom. The fraction of sp³-hybridized carbons (Fsp3) is 0.182. The number of amides is 1. The van der Waals surface area contributed by atoms with Gasteiger partial charge in [-0.25, -0.2) is 8.42 Å². The average molecular weight is 442 g/mol. The first-order valence-corrected chi connectivity index (χ1v) is 11.0. The first kappa shape index (κ1) is 22.3. The maximum Gasteiger partial charge on any atom is 0.271 e. The molecule has 0 fully saturated rings. The van der Waals surface area contributed by atoms with Crippen LogP contribution in [0.3, 0.4) is 0 Å². The maximum atomic E-state index is 13.0. The van der Waals surface area contributed by atoms with Crippen molar-refractivity contribution in [2.24, 2.45) is 12.8 Å². The summed E-state index contributed by atoms with van der Waals surface area (Å²) in [4.78, 5) is 25.4. The Hall–Kier alpha value is -3.43. The molecule has 1 unspecified atom stereocenters. The molecule has 8 nitrogen and oxygen atoms in total. The Labute approximate surface area is 180 Å². The van der Waals surface area contributed by atoms with E-state index in [2.05, 4.69) is 5.32 Å². The lowest BCUT2D eigenvalue weighted by Crippen LogP contribution is -2.32. The van der Waals surface area contributed by atoms with Crippen molar-refractivity contribution in [3.8, 4) is 5.75 Å². The number of pyridine rings is 1. The number of carbonyl (C=O) groups excluding carboxylic acids is 1. The number of carbonyl (C=O) groups is 1. The van der Waals surface area contributed by atoms with Gasteiger partial charge < -0.3 is 20.4 Å². The zero-order valence-corrected chi connectivity index (χ0v) is 17.9. The van der Waals surface area contributed by atoms with Crippen molar-refractivity contribution in [2.45, 2.75) is 16.9 Å². The predicted molar refractivity (Wildman–Crippen MR) is 116 cm³/mol. The van der Waals surface area contributed by atoms with Crippen molar-refractivity contribution >= 4 is 15.7 Å². The summed E-state index contributed by atoms with van der Waals surface area (Å²) in [5, 5.41) is 0.899. The van der Waals surface area contributed by atoms with Crippen molar-refractivity contribution in [3.05, 3.63) is 93.9 Å². The fourth-order valence-electron chi connectivity index (χ4n) is 3.13. The summed E-state index contributed by atoms with van der Waals surface area (Å²) in [5.74, 6) is -0.785. The van der Waals surface area contributed by atoms with Crippen LogP contribution in [0.4, 0.5) is 0 Å². The first-order chi connectivity index (χ1) is 14.8. The van der Waals surface area contributed by atoms with Crippen LogP contribution in [0.5, 0.6) is 5.75 Å². The number of nitrogens with one attached hydrogen (secondary N) is 1. The van der Waals surface area contributed by atoms with Crippen molar-refractivity contribution in [1.82, 2.24) is 9.88 Å². The lowest BCUT2D eigenvalue weighted by atomic mass is 10.2. The second-order valence-corrected chi connectivity index (χ2v) is 8.87. The molecule has 0 aliphatic carbocycles. The maximum absolute atomic E-state index is 13.0. The van der Waals surface area contributed by atoms with Gasteiger partial charge >= 0.3 is 0 Å². The number of rotatable bonds is 7. The highest BCUT2D eigenvalue weighted by Crippen LogP contribution is 2.26. The van der Waals surface area contributed by atoms with Crippen LogP contribution in [-0.2, 0) is 23.5 Å². The number of nitrogens with zero attached hydrogens (tertiary/aromatic N) is 1. The minimum Gasteiger partial charge on any atom is -0.483 e. The number of hydrogen-bond donors (Lipinski definition) is 2. The minimum atomic E-state index is -4.00. The summed E-state index contributed by atoms with van der Waals surface area (Å²) in [6, 6.07) is 17.9. The highest BCUT2D eigenvalue weighted by molar-refractivity contribution is 7.91. The molecule has 3 rings (SSSR count). The smallest absolute Gasteiger partial charge is 0.271 e. The molecule has 0 saturated carbocycles. The second-order valence-electron chi connectivity index (χ2n) is 6.80. The third-order valence-electron chi connectivity index (χ3n) is 4.81. The van der Waals surface area contributed by atoms with E-state index in [0.717, 1.165) is 11.6 Å². The first-order valence-electron chi connectivity index (χ1n) is 9.44. The van der Waals surface area contributed by atoms with Gasteiger partial charge in [0, 0.05) is 20.2 Å². The average Bonchev–Trinajstić information content (AvgIpc) is 2.79. The molecule has 0 radical (unpaired) electrons. The molecule has 9 heteroatoms. The number of sulfone groups is 1. The van der Waals surface area contributed by atoms with Crippen LogP contribution >= 0.6 is 0 Å². The van der Waals surface area contributed by atoms with Gasteiger partial charge in [-0.05, 0) is 17.7 Å². The van der Waals surface area contributed by atoms with Crippen LogP contribution in [0.2, 0.25) is 0 Å². The molecule has 0 aliphatic heterocycles. The molecule has 0 aliphatic rings. The summed E-state index contributed by atoms with van der Waals surface area (Å²) in [6.45, 7) is 0.0633.